The van der Waals surface area contributed by atoms with Gasteiger partial charge in [-0.05, 0) is 45.2 Å². The van der Waals surface area contributed by atoms with Crippen molar-refractivity contribution in [1.82, 2.24) is 19.7 Å². The summed E-state index contributed by atoms with van der Waals surface area (Å²) < 4.78 is 2.34. The Balaban J connectivity index is 1.70. The second-order valence-electron chi connectivity index (χ2n) is 5.84. The van der Waals surface area contributed by atoms with E-state index >= 15 is 0 Å². The zero-order valence-corrected chi connectivity index (χ0v) is 11.7. The number of nitrogens with zero attached hydrogens (tertiary/aromatic N) is 4. The largest absolute Gasteiger partial charge is 0.330 e. The fraction of sp³-hybridized carbons (Fsp3) is 0.857. The molecule has 0 saturated carbocycles. The third kappa shape index (κ3) is 2.82. The monoisotopic (exact) mass is 263 g/mol. The number of rotatable bonds is 4. The third-order valence-corrected chi connectivity index (χ3v) is 4.53. The maximum absolute atomic E-state index is 5.75. The Hall–Kier alpha value is -0.940. The molecule has 1 saturated heterocycles. The lowest BCUT2D eigenvalue weighted by molar-refractivity contribution is 0.128. The Kier molecular flexibility index (Phi) is 4.13. The summed E-state index contributed by atoms with van der Waals surface area (Å²) in [4.78, 5) is 2.57. The molecule has 1 unspecified atom stereocenters. The van der Waals surface area contributed by atoms with Gasteiger partial charge in [-0.2, -0.15) is 0 Å². The molecule has 0 aromatic carbocycles. The van der Waals surface area contributed by atoms with E-state index in [1.54, 1.807) is 0 Å². The lowest BCUT2D eigenvalue weighted by atomic mass is 9.99. The molecule has 1 fully saturated rings. The Bertz CT molecular complexity index is 412. The van der Waals surface area contributed by atoms with Gasteiger partial charge in [0, 0.05) is 19.0 Å². The van der Waals surface area contributed by atoms with E-state index in [0.29, 0.717) is 6.04 Å². The minimum atomic E-state index is 0.648. The number of fused-ring (bicyclic) bond motifs is 1. The molecule has 5 nitrogen and oxygen atoms in total. The Labute approximate surface area is 115 Å². The summed E-state index contributed by atoms with van der Waals surface area (Å²) in [5, 5.41) is 8.78. The van der Waals surface area contributed by atoms with Gasteiger partial charge in [0.1, 0.15) is 11.6 Å². The summed E-state index contributed by atoms with van der Waals surface area (Å²) >= 11 is 0. The van der Waals surface area contributed by atoms with Crippen LogP contribution in [0.3, 0.4) is 0 Å². The van der Waals surface area contributed by atoms with Gasteiger partial charge in [0.2, 0.25) is 0 Å². The number of nitrogens with two attached hydrogens (primary N) is 1. The van der Waals surface area contributed by atoms with Crippen molar-refractivity contribution in [3.8, 4) is 0 Å². The summed E-state index contributed by atoms with van der Waals surface area (Å²) in [5.74, 6) is 2.35. The van der Waals surface area contributed by atoms with Gasteiger partial charge in [-0.15, -0.1) is 10.2 Å². The molecule has 19 heavy (non-hydrogen) atoms. The molecular formula is C14H25N5. The highest BCUT2D eigenvalue weighted by atomic mass is 15.3. The van der Waals surface area contributed by atoms with Crippen molar-refractivity contribution in [3.05, 3.63) is 11.6 Å². The highest BCUT2D eigenvalue weighted by molar-refractivity contribution is 4.99. The number of aryl methyl sites for hydroxylation is 1. The molecule has 106 valence electrons. The predicted octanol–water partition coefficient (Wildman–Crippen LogP) is 1.32. The molecule has 1 atom stereocenters. The van der Waals surface area contributed by atoms with Crippen LogP contribution in [0.1, 0.15) is 50.2 Å². The van der Waals surface area contributed by atoms with E-state index < -0.39 is 0 Å². The smallest absolute Gasteiger partial charge is 0.147 e. The van der Waals surface area contributed by atoms with E-state index in [-0.39, 0.29) is 0 Å². The normalized spacial score (nSPS) is 24.4. The first-order valence-corrected chi connectivity index (χ1v) is 7.73. The van der Waals surface area contributed by atoms with Crippen LogP contribution in [0.15, 0.2) is 0 Å². The quantitative estimate of drug-likeness (QED) is 0.890. The molecule has 0 bridgehead atoms. The second kappa shape index (κ2) is 6.01. The fourth-order valence-electron chi connectivity index (χ4n) is 3.45. The topological polar surface area (TPSA) is 60.0 Å². The summed E-state index contributed by atoms with van der Waals surface area (Å²) in [6.45, 7) is 4.04. The first kappa shape index (κ1) is 13.1. The molecule has 0 amide bonds. The minimum absolute atomic E-state index is 0.648. The lowest BCUT2D eigenvalue weighted by Gasteiger charge is -2.35. The van der Waals surface area contributed by atoms with Gasteiger partial charge in [-0.1, -0.05) is 6.42 Å². The molecule has 3 rings (SSSR count). The highest BCUT2D eigenvalue weighted by Crippen LogP contribution is 2.22. The van der Waals surface area contributed by atoms with E-state index in [0.717, 1.165) is 32.5 Å². The zero-order chi connectivity index (χ0) is 13.1. The summed E-state index contributed by atoms with van der Waals surface area (Å²) in [6.07, 6.45) is 8.68. The van der Waals surface area contributed by atoms with Crippen LogP contribution in [0, 0.1) is 0 Å². The van der Waals surface area contributed by atoms with Crippen molar-refractivity contribution >= 4 is 0 Å². The van der Waals surface area contributed by atoms with Crippen molar-refractivity contribution in [2.45, 2.75) is 64.1 Å². The van der Waals surface area contributed by atoms with Crippen molar-refractivity contribution < 1.29 is 0 Å². The number of hydrogen-bond donors (Lipinski definition) is 1. The van der Waals surface area contributed by atoms with Crippen LogP contribution in [0.2, 0.25) is 0 Å². The van der Waals surface area contributed by atoms with Gasteiger partial charge in [-0.3, -0.25) is 4.90 Å². The van der Waals surface area contributed by atoms with Crippen LogP contribution in [0.5, 0.6) is 0 Å². The Morgan fingerprint density at radius 1 is 1.11 bits per heavy atom. The second-order valence-corrected chi connectivity index (χ2v) is 5.84. The number of hydrogen-bond acceptors (Lipinski definition) is 4. The molecule has 1 aromatic rings. The van der Waals surface area contributed by atoms with Gasteiger partial charge < -0.3 is 10.3 Å². The SMILES string of the molecule is NCCC1CCCCN1Cc1nnc2n1CCCC2. The molecule has 5 heteroatoms. The highest BCUT2D eigenvalue weighted by Gasteiger charge is 2.24. The number of piperidine rings is 1. The van der Waals surface area contributed by atoms with Crippen LogP contribution in [0.4, 0.5) is 0 Å². The molecule has 1 aromatic heterocycles. The molecule has 2 aliphatic heterocycles. The molecule has 2 N–H and O–H groups in total. The van der Waals surface area contributed by atoms with Gasteiger partial charge in [0.25, 0.3) is 0 Å². The van der Waals surface area contributed by atoms with Gasteiger partial charge in [0.05, 0.1) is 6.54 Å². The lowest BCUT2D eigenvalue weighted by Crippen LogP contribution is -2.40. The van der Waals surface area contributed by atoms with Crippen LogP contribution < -0.4 is 5.73 Å². The summed E-state index contributed by atoms with van der Waals surface area (Å²) in [5.41, 5.74) is 5.75. The molecule has 0 spiro atoms. The Morgan fingerprint density at radius 3 is 2.89 bits per heavy atom. The summed E-state index contributed by atoms with van der Waals surface area (Å²) in [6, 6.07) is 0.648. The van der Waals surface area contributed by atoms with Crippen molar-refractivity contribution in [2.75, 3.05) is 13.1 Å². The molecule has 0 aliphatic carbocycles. The maximum atomic E-state index is 5.75. The van der Waals surface area contributed by atoms with E-state index in [1.165, 1.54) is 50.3 Å². The average molecular weight is 263 g/mol. The van der Waals surface area contributed by atoms with Crippen molar-refractivity contribution in [2.24, 2.45) is 5.73 Å². The number of aromatic nitrogens is 3. The molecular weight excluding hydrogens is 238 g/mol. The maximum Gasteiger partial charge on any atom is 0.147 e. The number of likely N-dealkylation sites (tertiary alicyclic amines) is 1. The molecule has 0 radical (unpaired) electrons. The molecule has 2 aliphatic rings. The minimum Gasteiger partial charge on any atom is -0.330 e. The fourth-order valence-corrected chi connectivity index (χ4v) is 3.45. The average Bonchev–Trinajstić information content (AvgIpc) is 2.85. The van der Waals surface area contributed by atoms with Crippen LogP contribution >= 0.6 is 0 Å². The van der Waals surface area contributed by atoms with Gasteiger partial charge in [0.15, 0.2) is 0 Å². The van der Waals surface area contributed by atoms with Crippen LogP contribution in [-0.4, -0.2) is 38.8 Å². The van der Waals surface area contributed by atoms with Crippen LogP contribution in [0.25, 0.3) is 0 Å². The zero-order valence-electron chi connectivity index (χ0n) is 11.7. The first-order chi connectivity index (χ1) is 9.38. The van der Waals surface area contributed by atoms with Crippen LogP contribution in [-0.2, 0) is 19.5 Å². The Morgan fingerprint density at radius 2 is 2.00 bits per heavy atom. The van der Waals surface area contributed by atoms with E-state index in [2.05, 4.69) is 19.7 Å². The van der Waals surface area contributed by atoms with E-state index in [1.807, 2.05) is 0 Å². The van der Waals surface area contributed by atoms with Crippen molar-refractivity contribution in [3.63, 3.8) is 0 Å². The van der Waals surface area contributed by atoms with Crippen molar-refractivity contribution in [1.29, 1.82) is 0 Å². The third-order valence-electron chi connectivity index (χ3n) is 4.53. The predicted molar refractivity (Wildman–Crippen MR) is 74.7 cm³/mol. The summed E-state index contributed by atoms with van der Waals surface area (Å²) in [7, 11) is 0. The van der Waals surface area contributed by atoms with Gasteiger partial charge in [-0.25, -0.2) is 0 Å². The molecule has 3 heterocycles. The first-order valence-electron chi connectivity index (χ1n) is 7.73. The van der Waals surface area contributed by atoms with E-state index in [4.69, 9.17) is 5.73 Å². The van der Waals surface area contributed by atoms with E-state index in [9.17, 15) is 0 Å². The standard InChI is InChI=1S/C14H25N5/c15-8-7-12-5-1-3-9-18(12)11-14-17-16-13-6-2-4-10-19(13)14/h12H,1-11,15H2. The van der Waals surface area contributed by atoms with Gasteiger partial charge >= 0.3 is 0 Å².